The van der Waals surface area contributed by atoms with E-state index in [0.29, 0.717) is 22.8 Å². The molecule has 140 valence electrons. The van der Waals surface area contributed by atoms with Crippen LogP contribution in [-0.2, 0) is 6.67 Å². The van der Waals surface area contributed by atoms with Crippen LogP contribution in [0.3, 0.4) is 0 Å². The number of aromatic nitrogens is 1. The van der Waals surface area contributed by atoms with Gasteiger partial charge in [-0.05, 0) is 37.1 Å². The molecular weight excluding hydrogens is 366 g/mol. The molecule has 6 nitrogen and oxygen atoms in total. The molecule has 0 spiro atoms. The van der Waals surface area contributed by atoms with Crippen LogP contribution in [-0.4, -0.2) is 34.5 Å². The van der Waals surface area contributed by atoms with Gasteiger partial charge in [-0.2, -0.15) is 0 Å². The number of hydrogen-bond donors (Lipinski definition) is 1. The Balaban J connectivity index is 1.37. The van der Waals surface area contributed by atoms with Crippen LogP contribution in [0, 0.1) is 0 Å². The Hall–Kier alpha value is -2.57. The molecule has 1 amide bonds. The van der Waals surface area contributed by atoms with Gasteiger partial charge < -0.3 is 9.73 Å². The lowest BCUT2D eigenvalue weighted by Gasteiger charge is -2.32. The second kappa shape index (κ2) is 7.58. The van der Waals surface area contributed by atoms with Crippen LogP contribution < -0.4 is 11.1 Å². The second-order valence-electron chi connectivity index (χ2n) is 6.78. The van der Waals surface area contributed by atoms with Crippen molar-refractivity contribution in [2.45, 2.75) is 25.6 Å². The summed E-state index contributed by atoms with van der Waals surface area (Å²) in [6.45, 7) is 2.06. The van der Waals surface area contributed by atoms with Crippen molar-refractivity contribution in [3.8, 4) is 0 Å². The van der Waals surface area contributed by atoms with Crippen molar-refractivity contribution in [3.05, 3.63) is 69.7 Å². The van der Waals surface area contributed by atoms with Gasteiger partial charge in [-0.15, -0.1) is 0 Å². The molecule has 1 fully saturated rings. The number of benzene rings is 2. The number of nitrogens with one attached hydrogen (secondary N) is 1. The molecule has 2 heterocycles. The van der Waals surface area contributed by atoms with Crippen molar-refractivity contribution in [2.75, 3.05) is 13.1 Å². The van der Waals surface area contributed by atoms with Crippen LogP contribution in [0.5, 0.6) is 0 Å². The predicted octanol–water partition coefficient (Wildman–Crippen LogP) is 3.10. The molecule has 1 N–H and O–H groups in total. The van der Waals surface area contributed by atoms with Crippen molar-refractivity contribution in [2.24, 2.45) is 0 Å². The van der Waals surface area contributed by atoms with E-state index in [9.17, 15) is 9.59 Å². The normalized spacial score (nSPS) is 15.9. The first-order valence-electron chi connectivity index (χ1n) is 8.97. The lowest BCUT2D eigenvalue weighted by atomic mass is 10.0. The van der Waals surface area contributed by atoms with E-state index in [1.54, 1.807) is 22.8 Å². The number of nitrogens with zero attached hydrogens (tertiary/aromatic N) is 2. The lowest BCUT2D eigenvalue weighted by Crippen LogP contribution is -2.45. The van der Waals surface area contributed by atoms with Crippen LogP contribution in [0.2, 0.25) is 5.02 Å². The number of carbonyl (C=O) groups is 1. The maximum absolute atomic E-state index is 12.3. The fourth-order valence-corrected chi connectivity index (χ4v) is 3.61. The molecule has 2 aromatic carbocycles. The Morgan fingerprint density at radius 3 is 2.63 bits per heavy atom. The number of hydrogen-bond acceptors (Lipinski definition) is 4. The van der Waals surface area contributed by atoms with Gasteiger partial charge in [0.2, 0.25) is 0 Å². The highest BCUT2D eigenvalue weighted by Gasteiger charge is 2.22. The zero-order valence-corrected chi connectivity index (χ0v) is 15.5. The Kier molecular flexibility index (Phi) is 5.01. The van der Waals surface area contributed by atoms with E-state index in [1.165, 1.54) is 0 Å². The predicted molar refractivity (Wildman–Crippen MR) is 104 cm³/mol. The first-order valence-corrected chi connectivity index (χ1v) is 9.35. The Morgan fingerprint density at radius 1 is 1.15 bits per heavy atom. The summed E-state index contributed by atoms with van der Waals surface area (Å²) in [5, 5.41) is 3.63. The van der Waals surface area contributed by atoms with Crippen LogP contribution in [0.4, 0.5) is 0 Å². The average molecular weight is 386 g/mol. The van der Waals surface area contributed by atoms with E-state index >= 15 is 0 Å². The monoisotopic (exact) mass is 385 g/mol. The van der Waals surface area contributed by atoms with Crippen LogP contribution in [0.1, 0.15) is 23.2 Å². The third-order valence-electron chi connectivity index (χ3n) is 4.93. The van der Waals surface area contributed by atoms with E-state index in [4.69, 9.17) is 16.0 Å². The third-order valence-corrected chi connectivity index (χ3v) is 5.17. The van der Waals surface area contributed by atoms with Crippen molar-refractivity contribution in [1.82, 2.24) is 14.8 Å². The molecule has 1 aliphatic rings. The van der Waals surface area contributed by atoms with Gasteiger partial charge in [-0.3, -0.25) is 14.3 Å². The van der Waals surface area contributed by atoms with Crippen molar-refractivity contribution < 1.29 is 9.21 Å². The number of halogens is 1. The van der Waals surface area contributed by atoms with E-state index in [2.05, 4.69) is 10.2 Å². The summed E-state index contributed by atoms with van der Waals surface area (Å²) >= 11 is 5.96. The van der Waals surface area contributed by atoms with Gasteiger partial charge >= 0.3 is 5.76 Å². The zero-order chi connectivity index (χ0) is 18.8. The van der Waals surface area contributed by atoms with Crippen molar-refractivity contribution in [1.29, 1.82) is 0 Å². The first kappa shape index (κ1) is 17.8. The number of likely N-dealkylation sites (tertiary alicyclic amines) is 1. The van der Waals surface area contributed by atoms with Crippen molar-refractivity contribution >= 4 is 28.6 Å². The van der Waals surface area contributed by atoms with E-state index in [0.717, 1.165) is 31.4 Å². The first-order chi connectivity index (χ1) is 13.1. The lowest BCUT2D eigenvalue weighted by molar-refractivity contribution is 0.0899. The molecule has 3 aromatic rings. The molecular formula is C20H20ClN3O3. The summed E-state index contributed by atoms with van der Waals surface area (Å²) in [5.74, 6) is -0.422. The molecule has 1 aliphatic heterocycles. The van der Waals surface area contributed by atoms with Gasteiger partial charge in [-0.25, -0.2) is 4.79 Å². The molecule has 1 aromatic heterocycles. The van der Waals surface area contributed by atoms with Gasteiger partial charge in [0.15, 0.2) is 5.58 Å². The van der Waals surface area contributed by atoms with E-state index in [-0.39, 0.29) is 17.7 Å². The summed E-state index contributed by atoms with van der Waals surface area (Å²) in [6.07, 6.45) is 1.68. The van der Waals surface area contributed by atoms with Gasteiger partial charge in [0.1, 0.15) is 0 Å². The molecule has 7 heteroatoms. The molecule has 0 bridgehead atoms. The van der Waals surface area contributed by atoms with E-state index in [1.807, 2.05) is 30.3 Å². The minimum atomic E-state index is -0.383. The maximum atomic E-state index is 12.3. The smallest absolute Gasteiger partial charge is 0.408 e. The summed E-state index contributed by atoms with van der Waals surface area (Å²) in [7, 11) is 0. The molecule has 0 aliphatic carbocycles. The average Bonchev–Trinajstić information content (AvgIpc) is 2.98. The molecule has 0 unspecified atom stereocenters. The molecule has 0 atom stereocenters. The zero-order valence-electron chi connectivity index (χ0n) is 14.7. The number of oxazole rings is 1. The molecule has 4 rings (SSSR count). The molecule has 0 radical (unpaired) electrons. The summed E-state index contributed by atoms with van der Waals surface area (Å²) in [4.78, 5) is 26.6. The third kappa shape index (κ3) is 3.91. The number of carbonyl (C=O) groups excluding carboxylic acids is 1. The fraction of sp³-hybridized carbons (Fsp3) is 0.300. The standard InChI is InChI=1S/C20H20ClN3O3/c21-15-6-7-17-18(12-15)27-20(26)24(17)13-23-10-8-16(9-11-23)22-19(25)14-4-2-1-3-5-14/h1-7,12,16H,8-11,13H2,(H,22,25). The van der Waals surface area contributed by atoms with Crippen LogP contribution >= 0.6 is 11.6 Å². The number of rotatable bonds is 4. The van der Waals surface area contributed by atoms with Gasteiger partial charge in [0.05, 0.1) is 12.2 Å². The molecule has 0 saturated carbocycles. The highest BCUT2D eigenvalue weighted by molar-refractivity contribution is 6.31. The minimum absolute atomic E-state index is 0.0389. The van der Waals surface area contributed by atoms with Gasteiger partial charge in [0.25, 0.3) is 5.91 Å². The highest BCUT2D eigenvalue weighted by atomic mass is 35.5. The van der Waals surface area contributed by atoms with Crippen LogP contribution in [0.15, 0.2) is 57.7 Å². The Labute approximate surface area is 161 Å². The highest BCUT2D eigenvalue weighted by Crippen LogP contribution is 2.19. The van der Waals surface area contributed by atoms with E-state index < -0.39 is 0 Å². The fourth-order valence-electron chi connectivity index (χ4n) is 3.45. The maximum Gasteiger partial charge on any atom is 0.421 e. The SMILES string of the molecule is O=C(NC1CCN(Cn2c(=O)oc3cc(Cl)ccc32)CC1)c1ccccc1. The Morgan fingerprint density at radius 2 is 1.89 bits per heavy atom. The number of piperidine rings is 1. The quantitative estimate of drug-likeness (QED) is 0.749. The molecule has 1 saturated heterocycles. The summed E-state index contributed by atoms with van der Waals surface area (Å²) < 4.78 is 6.90. The Bertz CT molecular complexity index is 1000. The summed E-state index contributed by atoms with van der Waals surface area (Å²) in [6, 6.07) is 14.6. The van der Waals surface area contributed by atoms with Crippen molar-refractivity contribution in [3.63, 3.8) is 0 Å². The number of amides is 1. The van der Waals surface area contributed by atoms with Gasteiger partial charge in [0, 0.05) is 35.8 Å². The summed E-state index contributed by atoms with van der Waals surface area (Å²) in [5.41, 5.74) is 1.91. The second-order valence-corrected chi connectivity index (χ2v) is 7.22. The number of fused-ring (bicyclic) bond motifs is 1. The van der Waals surface area contributed by atoms with Gasteiger partial charge in [-0.1, -0.05) is 29.8 Å². The minimum Gasteiger partial charge on any atom is -0.408 e. The van der Waals surface area contributed by atoms with Crippen LogP contribution in [0.25, 0.3) is 11.1 Å². The largest absolute Gasteiger partial charge is 0.421 e. The topological polar surface area (TPSA) is 67.5 Å². The molecule has 27 heavy (non-hydrogen) atoms.